The predicted molar refractivity (Wildman–Crippen MR) is 59.5 cm³/mol. The van der Waals surface area contributed by atoms with Crippen LogP contribution in [0.1, 0.15) is 19.3 Å². The number of hydrogen-bond acceptors (Lipinski definition) is 3. The fourth-order valence-electron chi connectivity index (χ4n) is 1.44. The fourth-order valence-corrected chi connectivity index (χ4v) is 1.68. The Morgan fingerprint density at radius 3 is 2.93 bits per heavy atom. The van der Waals surface area contributed by atoms with Crippen molar-refractivity contribution in [3.8, 4) is 0 Å². The Hall–Kier alpha value is -0.960. The lowest BCUT2D eigenvalue weighted by molar-refractivity contribution is 0.760. The molecule has 0 unspecified atom stereocenters. The van der Waals surface area contributed by atoms with E-state index in [1.54, 1.807) is 12.4 Å². The molecule has 14 heavy (non-hydrogen) atoms. The van der Waals surface area contributed by atoms with Crippen molar-refractivity contribution in [3.63, 3.8) is 0 Å². The first-order chi connectivity index (χ1) is 6.77. The molecular formula is C10H14ClN3. The third-order valence-electron chi connectivity index (χ3n) is 2.48. The first-order valence-corrected chi connectivity index (χ1v) is 5.28. The van der Waals surface area contributed by atoms with Crippen LogP contribution in [0.4, 0.5) is 11.4 Å². The standard InChI is InChI=1S/C10H14ClN3/c11-8-5-13-6-9(12)10(8)14-4-3-7-1-2-7/h5-7H,1-4,12H2,(H,13,14). The van der Waals surface area contributed by atoms with Crippen LogP contribution in [0, 0.1) is 5.92 Å². The Morgan fingerprint density at radius 2 is 2.29 bits per heavy atom. The number of pyridine rings is 1. The van der Waals surface area contributed by atoms with E-state index in [-0.39, 0.29) is 0 Å². The van der Waals surface area contributed by atoms with Gasteiger partial charge in [-0.3, -0.25) is 4.98 Å². The molecule has 1 aromatic rings. The van der Waals surface area contributed by atoms with Gasteiger partial charge in [0.05, 0.1) is 22.6 Å². The van der Waals surface area contributed by atoms with Crippen molar-refractivity contribution in [2.45, 2.75) is 19.3 Å². The van der Waals surface area contributed by atoms with E-state index in [2.05, 4.69) is 10.3 Å². The molecule has 1 aliphatic rings. The third kappa shape index (κ3) is 2.29. The van der Waals surface area contributed by atoms with Gasteiger partial charge in [-0.15, -0.1) is 0 Å². The molecule has 2 rings (SSSR count). The second-order valence-corrected chi connectivity index (χ2v) is 4.15. The second-order valence-electron chi connectivity index (χ2n) is 3.74. The van der Waals surface area contributed by atoms with Crippen LogP contribution in [0.3, 0.4) is 0 Å². The Balaban J connectivity index is 1.92. The van der Waals surface area contributed by atoms with Crippen LogP contribution in [0.15, 0.2) is 12.4 Å². The van der Waals surface area contributed by atoms with E-state index in [0.29, 0.717) is 10.7 Å². The molecule has 0 saturated heterocycles. The van der Waals surface area contributed by atoms with Crippen LogP contribution in [0.5, 0.6) is 0 Å². The summed E-state index contributed by atoms with van der Waals surface area (Å²) in [6.07, 6.45) is 7.18. The largest absolute Gasteiger partial charge is 0.396 e. The summed E-state index contributed by atoms with van der Waals surface area (Å²) in [5.41, 5.74) is 7.18. The monoisotopic (exact) mass is 211 g/mol. The number of nitrogens with two attached hydrogens (primary N) is 1. The molecule has 76 valence electrons. The predicted octanol–water partition coefficient (Wildman–Crippen LogP) is 2.53. The van der Waals surface area contributed by atoms with Gasteiger partial charge in [-0.1, -0.05) is 24.4 Å². The highest BCUT2D eigenvalue weighted by Crippen LogP contribution is 2.33. The molecule has 3 N–H and O–H groups in total. The molecule has 0 atom stereocenters. The highest BCUT2D eigenvalue weighted by atomic mass is 35.5. The van der Waals surface area contributed by atoms with Gasteiger partial charge in [-0.05, 0) is 12.3 Å². The Bertz CT molecular complexity index is 303. The number of nitrogens with one attached hydrogen (secondary N) is 1. The van der Waals surface area contributed by atoms with Gasteiger partial charge >= 0.3 is 0 Å². The smallest absolute Gasteiger partial charge is 0.0841 e. The number of nitrogen functional groups attached to an aromatic ring is 1. The third-order valence-corrected chi connectivity index (χ3v) is 2.77. The maximum atomic E-state index is 5.96. The molecule has 0 bridgehead atoms. The van der Waals surface area contributed by atoms with Crippen molar-refractivity contribution in [1.29, 1.82) is 0 Å². The first kappa shape index (κ1) is 9.59. The molecule has 1 aliphatic carbocycles. The zero-order valence-electron chi connectivity index (χ0n) is 7.96. The minimum absolute atomic E-state index is 0.598. The minimum atomic E-state index is 0.598. The zero-order chi connectivity index (χ0) is 9.97. The molecule has 3 nitrogen and oxygen atoms in total. The van der Waals surface area contributed by atoms with Crippen molar-refractivity contribution in [1.82, 2.24) is 4.98 Å². The molecule has 1 saturated carbocycles. The van der Waals surface area contributed by atoms with Gasteiger partial charge in [0, 0.05) is 12.7 Å². The molecule has 1 aromatic heterocycles. The number of nitrogens with zero attached hydrogens (tertiary/aromatic N) is 1. The van der Waals surface area contributed by atoms with Gasteiger partial charge in [0.1, 0.15) is 0 Å². The van der Waals surface area contributed by atoms with Gasteiger partial charge in [0.25, 0.3) is 0 Å². The average Bonchev–Trinajstić information content (AvgIpc) is 2.94. The van der Waals surface area contributed by atoms with Crippen molar-refractivity contribution in [3.05, 3.63) is 17.4 Å². The van der Waals surface area contributed by atoms with Gasteiger partial charge in [0.15, 0.2) is 0 Å². The Morgan fingerprint density at radius 1 is 1.50 bits per heavy atom. The molecule has 0 aliphatic heterocycles. The molecule has 4 heteroatoms. The summed E-state index contributed by atoms with van der Waals surface area (Å²) in [7, 11) is 0. The minimum Gasteiger partial charge on any atom is -0.396 e. The number of hydrogen-bond donors (Lipinski definition) is 2. The van der Waals surface area contributed by atoms with Gasteiger partial charge in [-0.25, -0.2) is 0 Å². The Kier molecular flexibility index (Phi) is 2.77. The maximum absolute atomic E-state index is 5.96. The number of aromatic nitrogens is 1. The lowest BCUT2D eigenvalue weighted by Gasteiger charge is -2.09. The first-order valence-electron chi connectivity index (χ1n) is 4.90. The van der Waals surface area contributed by atoms with Crippen LogP contribution in [-0.2, 0) is 0 Å². The summed E-state index contributed by atoms with van der Waals surface area (Å²) in [5, 5.41) is 3.85. The van der Waals surface area contributed by atoms with E-state index < -0.39 is 0 Å². The van der Waals surface area contributed by atoms with Gasteiger partial charge in [0.2, 0.25) is 0 Å². The number of anilines is 2. The maximum Gasteiger partial charge on any atom is 0.0841 e. The summed E-state index contributed by atoms with van der Waals surface area (Å²) < 4.78 is 0. The van der Waals surface area contributed by atoms with E-state index in [0.717, 1.165) is 18.2 Å². The molecule has 1 heterocycles. The summed E-state index contributed by atoms with van der Waals surface area (Å²) >= 11 is 5.96. The lowest BCUT2D eigenvalue weighted by Crippen LogP contribution is -2.05. The van der Waals surface area contributed by atoms with E-state index in [1.807, 2.05) is 0 Å². The lowest BCUT2D eigenvalue weighted by atomic mass is 10.3. The van der Waals surface area contributed by atoms with Crippen LogP contribution in [0.25, 0.3) is 0 Å². The molecule has 0 amide bonds. The van der Waals surface area contributed by atoms with Crippen LogP contribution < -0.4 is 11.1 Å². The van der Waals surface area contributed by atoms with E-state index >= 15 is 0 Å². The number of rotatable bonds is 4. The zero-order valence-corrected chi connectivity index (χ0v) is 8.72. The molecule has 0 aromatic carbocycles. The highest BCUT2D eigenvalue weighted by molar-refractivity contribution is 6.33. The quantitative estimate of drug-likeness (QED) is 0.805. The Labute approximate surface area is 88.7 Å². The fraction of sp³-hybridized carbons (Fsp3) is 0.500. The number of halogens is 1. The van der Waals surface area contributed by atoms with Crippen LogP contribution in [0.2, 0.25) is 5.02 Å². The topological polar surface area (TPSA) is 50.9 Å². The summed E-state index contributed by atoms with van der Waals surface area (Å²) in [4.78, 5) is 3.90. The molecule has 1 fully saturated rings. The van der Waals surface area contributed by atoms with Crippen molar-refractivity contribution >= 4 is 23.0 Å². The molecular weight excluding hydrogens is 198 g/mol. The van der Waals surface area contributed by atoms with E-state index in [1.165, 1.54) is 19.3 Å². The summed E-state index contributed by atoms with van der Waals surface area (Å²) in [6, 6.07) is 0. The second kappa shape index (κ2) is 4.05. The van der Waals surface area contributed by atoms with Gasteiger partial charge < -0.3 is 11.1 Å². The highest BCUT2D eigenvalue weighted by Gasteiger charge is 2.20. The SMILES string of the molecule is Nc1cncc(Cl)c1NCCC1CC1. The molecule has 0 spiro atoms. The van der Waals surface area contributed by atoms with E-state index in [9.17, 15) is 0 Å². The van der Waals surface area contributed by atoms with Gasteiger partial charge in [-0.2, -0.15) is 0 Å². The summed E-state index contributed by atoms with van der Waals surface area (Å²) in [6.45, 7) is 0.943. The average molecular weight is 212 g/mol. The van der Waals surface area contributed by atoms with Crippen molar-refractivity contribution in [2.24, 2.45) is 5.92 Å². The normalized spacial score (nSPS) is 15.5. The van der Waals surface area contributed by atoms with Crippen LogP contribution >= 0.6 is 11.6 Å². The van der Waals surface area contributed by atoms with Crippen molar-refractivity contribution < 1.29 is 0 Å². The molecule has 0 radical (unpaired) electrons. The van der Waals surface area contributed by atoms with E-state index in [4.69, 9.17) is 17.3 Å². The van der Waals surface area contributed by atoms with Crippen LogP contribution in [-0.4, -0.2) is 11.5 Å². The summed E-state index contributed by atoms with van der Waals surface area (Å²) in [5.74, 6) is 0.921. The van der Waals surface area contributed by atoms with Crippen molar-refractivity contribution in [2.75, 3.05) is 17.6 Å².